The average Bonchev–Trinajstić information content (AvgIpc) is 2.93. The van der Waals surface area contributed by atoms with Crippen molar-refractivity contribution in [2.24, 2.45) is 5.73 Å². The maximum Gasteiger partial charge on any atom is 0.303 e. The first-order valence-corrected chi connectivity index (χ1v) is 7.29. The van der Waals surface area contributed by atoms with Gasteiger partial charge in [0.2, 0.25) is 12.2 Å². The Morgan fingerprint density at radius 2 is 1.42 bits per heavy atom. The van der Waals surface area contributed by atoms with E-state index in [0.29, 0.717) is 13.1 Å². The van der Waals surface area contributed by atoms with Crippen LogP contribution in [0.2, 0.25) is 0 Å². The van der Waals surface area contributed by atoms with E-state index in [2.05, 4.69) is 0 Å². The highest BCUT2D eigenvalue weighted by molar-refractivity contribution is 5.93. The number of amides is 2. The first kappa shape index (κ1) is 17.5. The molecule has 8 nitrogen and oxygen atoms in total. The van der Waals surface area contributed by atoms with E-state index in [1.54, 1.807) is 0 Å². The van der Waals surface area contributed by atoms with Crippen LogP contribution in [0.4, 0.5) is 0 Å². The molecule has 0 bridgehead atoms. The molecule has 0 spiro atoms. The van der Waals surface area contributed by atoms with Crippen LogP contribution in [0.1, 0.15) is 25.0 Å². The Labute approximate surface area is 138 Å². The SMILES string of the molecule is CC(=O)O[C@@H](C(N)=O)[C@@H](OC(C)=O)C(=O)N1Cc2ccccc2C1. The number of hydrogen-bond donors (Lipinski definition) is 1. The molecule has 0 unspecified atom stereocenters. The Morgan fingerprint density at radius 1 is 0.958 bits per heavy atom. The highest BCUT2D eigenvalue weighted by Gasteiger charge is 2.41. The standard InChI is InChI=1S/C16H18N2O6/c1-9(19)23-13(15(17)21)14(24-10(2)20)16(22)18-7-11-5-3-4-6-12(11)8-18/h3-6,13-14H,7-8H2,1-2H3,(H2,17,21)/t13-,14-/m1/s1. The van der Waals surface area contributed by atoms with Crippen molar-refractivity contribution >= 4 is 23.8 Å². The average molecular weight is 334 g/mol. The molecule has 1 aromatic carbocycles. The molecule has 1 aliphatic heterocycles. The fourth-order valence-electron chi connectivity index (χ4n) is 2.54. The van der Waals surface area contributed by atoms with Gasteiger partial charge >= 0.3 is 11.9 Å². The van der Waals surface area contributed by atoms with Crippen molar-refractivity contribution in [1.29, 1.82) is 0 Å². The van der Waals surface area contributed by atoms with E-state index in [1.165, 1.54) is 4.90 Å². The molecule has 1 aromatic rings. The second-order valence-electron chi connectivity index (χ2n) is 5.43. The van der Waals surface area contributed by atoms with Gasteiger partial charge in [0, 0.05) is 26.9 Å². The number of hydrogen-bond acceptors (Lipinski definition) is 6. The van der Waals surface area contributed by atoms with Gasteiger partial charge in [-0.3, -0.25) is 19.2 Å². The van der Waals surface area contributed by atoms with Crippen LogP contribution in [-0.4, -0.2) is 40.9 Å². The molecule has 2 rings (SSSR count). The topological polar surface area (TPSA) is 116 Å². The zero-order valence-corrected chi connectivity index (χ0v) is 13.4. The first-order chi connectivity index (χ1) is 11.3. The summed E-state index contributed by atoms with van der Waals surface area (Å²) in [5.74, 6) is -3.31. The minimum Gasteiger partial charge on any atom is -0.448 e. The number of esters is 2. The number of primary amides is 1. The molecule has 24 heavy (non-hydrogen) atoms. The van der Waals surface area contributed by atoms with Crippen molar-refractivity contribution in [2.75, 3.05) is 0 Å². The number of nitrogens with two attached hydrogens (primary N) is 1. The third-order valence-electron chi connectivity index (χ3n) is 3.54. The summed E-state index contributed by atoms with van der Waals surface area (Å²) in [6, 6.07) is 7.45. The summed E-state index contributed by atoms with van der Waals surface area (Å²) in [6.07, 6.45) is -3.29. The molecule has 2 atom stereocenters. The lowest BCUT2D eigenvalue weighted by atomic mass is 10.1. The largest absolute Gasteiger partial charge is 0.448 e. The summed E-state index contributed by atoms with van der Waals surface area (Å²) in [5.41, 5.74) is 7.11. The van der Waals surface area contributed by atoms with E-state index in [0.717, 1.165) is 25.0 Å². The summed E-state index contributed by atoms with van der Waals surface area (Å²) in [4.78, 5) is 48.2. The van der Waals surface area contributed by atoms with E-state index in [-0.39, 0.29) is 0 Å². The van der Waals surface area contributed by atoms with Crippen LogP contribution < -0.4 is 5.73 Å². The lowest BCUT2D eigenvalue weighted by Gasteiger charge is -2.27. The molecular formula is C16H18N2O6. The molecule has 0 saturated heterocycles. The predicted molar refractivity (Wildman–Crippen MR) is 81.0 cm³/mol. The van der Waals surface area contributed by atoms with Crippen molar-refractivity contribution in [3.63, 3.8) is 0 Å². The lowest BCUT2D eigenvalue weighted by molar-refractivity contribution is -0.177. The number of nitrogens with zero attached hydrogens (tertiary/aromatic N) is 1. The highest BCUT2D eigenvalue weighted by atomic mass is 16.6. The van der Waals surface area contributed by atoms with Gasteiger partial charge in [0.1, 0.15) is 0 Å². The quantitative estimate of drug-likeness (QED) is 0.750. The zero-order valence-electron chi connectivity index (χ0n) is 13.4. The van der Waals surface area contributed by atoms with Crippen LogP contribution in [0.5, 0.6) is 0 Å². The third-order valence-corrected chi connectivity index (χ3v) is 3.54. The van der Waals surface area contributed by atoms with Crippen LogP contribution in [0.25, 0.3) is 0 Å². The van der Waals surface area contributed by atoms with Crippen LogP contribution in [0.15, 0.2) is 24.3 Å². The van der Waals surface area contributed by atoms with Gasteiger partial charge in [0.05, 0.1) is 0 Å². The van der Waals surface area contributed by atoms with Crippen LogP contribution in [-0.2, 0) is 41.7 Å². The maximum absolute atomic E-state index is 12.7. The smallest absolute Gasteiger partial charge is 0.303 e. The molecule has 2 N–H and O–H groups in total. The van der Waals surface area contributed by atoms with Gasteiger partial charge < -0.3 is 20.1 Å². The van der Waals surface area contributed by atoms with Gasteiger partial charge in [-0.2, -0.15) is 0 Å². The van der Waals surface area contributed by atoms with Gasteiger partial charge in [0.15, 0.2) is 0 Å². The molecule has 0 aliphatic carbocycles. The monoisotopic (exact) mass is 334 g/mol. The van der Waals surface area contributed by atoms with Crippen molar-refractivity contribution in [3.05, 3.63) is 35.4 Å². The lowest BCUT2D eigenvalue weighted by Crippen LogP contribution is -2.52. The van der Waals surface area contributed by atoms with Crippen LogP contribution >= 0.6 is 0 Å². The minimum atomic E-state index is -1.68. The van der Waals surface area contributed by atoms with E-state index in [9.17, 15) is 19.2 Å². The normalized spacial score (nSPS) is 15.2. The number of benzene rings is 1. The highest BCUT2D eigenvalue weighted by Crippen LogP contribution is 2.24. The van der Waals surface area contributed by atoms with E-state index >= 15 is 0 Å². The van der Waals surface area contributed by atoms with Gasteiger partial charge in [0.25, 0.3) is 11.8 Å². The minimum absolute atomic E-state index is 0.304. The molecule has 0 fully saturated rings. The van der Waals surface area contributed by atoms with E-state index in [1.807, 2.05) is 24.3 Å². The van der Waals surface area contributed by atoms with E-state index < -0.39 is 36.0 Å². The van der Waals surface area contributed by atoms with Crippen molar-refractivity contribution in [1.82, 2.24) is 4.90 Å². The summed E-state index contributed by atoms with van der Waals surface area (Å²) in [5, 5.41) is 0. The molecule has 1 aliphatic rings. The molecule has 1 heterocycles. The van der Waals surface area contributed by atoms with Crippen molar-refractivity contribution in [3.8, 4) is 0 Å². The maximum atomic E-state index is 12.7. The molecule has 8 heteroatoms. The Bertz CT molecular complexity index is 662. The molecule has 128 valence electrons. The van der Waals surface area contributed by atoms with Gasteiger partial charge in [-0.25, -0.2) is 0 Å². The summed E-state index contributed by atoms with van der Waals surface area (Å²) in [7, 11) is 0. The number of ether oxygens (including phenoxy) is 2. The van der Waals surface area contributed by atoms with E-state index in [4.69, 9.17) is 15.2 Å². The van der Waals surface area contributed by atoms with Gasteiger partial charge in [-0.05, 0) is 11.1 Å². The summed E-state index contributed by atoms with van der Waals surface area (Å²) in [6.45, 7) is 2.76. The Kier molecular flexibility index (Phi) is 5.18. The second-order valence-corrected chi connectivity index (χ2v) is 5.43. The van der Waals surface area contributed by atoms with Crippen molar-refractivity contribution < 1.29 is 28.7 Å². The molecule has 0 saturated carbocycles. The number of fused-ring (bicyclic) bond motifs is 1. The summed E-state index contributed by atoms with van der Waals surface area (Å²) >= 11 is 0. The van der Waals surface area contributed by atoms with Gasteiger partial charge in [-0.1, -0.05) is 24.3 Å². The third kappa shape index (κ3) is 3.89. The fourth-order valence-corrected chi connectivity index (χ4v) is 2.54. The molecule has 0 radical (unpaired) electrons. The molecule has 2 amide bonds. The Morgan fingerprint density at radius 3 is 1.83 bits per heavy atom. The second kappa shape index (κ2) is 7.12. The van der Waals surface area contributed by atoms with Crippen molar-refractivity contribution in [2.45, 2.75) is 39.1 Å². The first-order valence-electron chi connectivity index (χ1n) is 7.29. The number of carbonyl (C=O) groups excluding carboxylic acids is 4. The number of rotatable bonds is 5. The number of carbonyl (C=O) groups is 4. The Balaban J connectivity index is 2.24. The Hall–Kier alpha value is -2.90. The van der Waals surface area contributed by atoms with Gasteiger partial charge in [-0.15, -0.1) is 0 Å². The zero-order chi connectivity index (χ0) is 17.9. The molecule has 0 aromatic heterocycles. The molecular weight excluding hydrogens is 316 g/mol. The summed E-state index contributed by atoms with van der Waals surface area (Å²) < 4.78 is 9.73. The van der Waals surface area contributed by atoms with Crippen LogP contribution in [0.3, 0.4) is 0 Å². The fraction of sp³-hybridized carbons (Fsp3) is 0.375. The van der Waals surface area contributed by atoms with Crippen LogP contribution in [0, 0.1) is 0 Å². The predicted octanol–water partition coefficient (Wildman–Crippen LogP) is -0.122.